The van der Waals surface area contributed by atoms with Crippen LogP contribution in [0.15, 0.2) is 47.7 Å². The number of rotatable bonds is 5. The molecule has 1 aromatic carbocycles. The topological polar surface area (TPSA) is 110 Å². The average molecular weight is 510 g/mol. The molecular weight excluding hydrogens is 478 g/mol. The molecule has 1 fully saturated rings. The zero-order valence-electron chi connectivity index (χ0n) is 21.0. The first kappa shape index (κ1) is 24.6. The molecule has 1 aromatic heterocycles. The summed E-state index contributed by atoms with van der Waals surface area (Å²) in [5.41, 5.74) is 7.06. The Labute approximate surface area is 216 Å². The first-order chi connectivity index (χ1) is 16.9. The number of benzene rings is 1. The lowest BCUT2D eigenvalue weighted by Gasteiger charge is -2.38. The van der Waals surface area contributed by atoms with Gasteiger partial charge in [0.15, 0.2) is 5.96 Å². The summed E-state index contributed by atoms with van der Waals surface area (Å²) >= 11 is 6.26. The van der Waals surface area contributed by atoms with E-state index in [0.717, 1.165) is 16.9 Å². The number of nitrogens with two attached hydrogens (primary N) is 1. The van der Waals surface area contributed by atoms with Gasteiger partial charge in [-0.05, 0) is 69.9 Å². The van der Waals surface area contributed by atoms with Gasteiger partial charge in [0.2, 0.25) is 11.8 Å². The summed E-state index contributed by atoms with van der Waals surface area (Å²) < 4.78 is 6.11. The SMILES string of the molecule is CC1(C)CC(=O)N([C@H](c2cccnc2)[C@H]2C[C@@H]2C(=O)N[C@H]2CC(C)(C)Oc3ccc(Cl)cc32)C(N)=N1. The zero-order valence-corrected chi connectivity index (χ0v) is 21.7. The lowest BCUT2D eigenvalue weighted by atomic mass is 9.89. The number of aromatic nitrogens is 1. The van der Waals surface area contributed by atoms with Crippen molar-refractivity contribution in [3.8, 4) is 5.75 Å². The molecule has 3 N–H and O–H groups in total. The van der Waals surface area contributed by atoms with E-state index in [1.807, 2.05) is 52.0 Å². The fourth-order valence-electron chi connectivity index (χ4n) is 5.52. The van der Waals surface area contributed by atoms with Crippen LogP contribution in [-0.2, 0) is 9.59 Å². The Kier molecular flexibility index (Phi) is 5.98. The van der Waals surface area contributed by atoms with Crippen LogP contribution in [0.25, 0.3) is 0 Å². The second-order valence-electron chi connectivity index (χ2n) is 11.3. The van der Waals surface area contributed by atoms with Crippen molar-refractivity contribution in [2.24, 2.45) is 22.6 Å². The first-order valence-corrected chi connectivity index (χ1v) is 12.7. The first-order valence-electron chi connectivity index (χ1n) is 12.3. The van der Waals surface area contributed by atoms with E-state index in [4.69, 9.17) is 22.1 Å². The van der Waals surface area contributed by atoms with Crippen molar-refractivity contribution in [3.05, 3.63) is 58.9 Å². The van der Waals surface area contributed by atoms with Crippen LogP contribution in [0.3, 0.4) is 0 Å². The highest BCUT2D eigenvalue weighted by Gasteiger charge is 2.53. The van der Waals surface area contributed by atoms with Crippen LogP contribution in [0.1, 0.15) is 70.2 Å². The molecule has 0 saturated heterocycles. The van der Waals surface area contributed by atoms with Gasteiger partial charge >= 0.3 is 0 Å². The third kappa shape index (κ3) is 4.78. The van der Waals surface area contributed by atoms with Gasteiger partial charge in [-0.3, -0.25) is 19.5 Å². The van der Waals surface area contributed by atoms with E-state index < -0.39 is 17.2 Å². The number of nitrogens with one attached hydrogen (secondary N) is 1. The lowest BCUT2D eigenvalue weighted by molar-refractivity contribution is -0.132. The number of amides is 2. The van der Waals surface area contributed by atoms with Crippen molar-refractivity contribution < 1.29 is 14.3 Å². The summed E-state index contributed by atoms with van der Waals surface area (Å²) in [4.78, 5) is 37.1. The Morgan fingerprint density at radius 2 is 2.06 bits per heavy atom. The Bertz CT molecular complexity index is 1230. The second kappa shape index (κ2) is 8.76. The van der Waals surface area contributed by atoms with Crippen LogP contribution in [0.5, 0.6) is 5.75 Å². The highest BCUT2D eigenvalue weighted by molar-refractivity contribution is 6.30. The number of hydrogen-bond donors (Lipinski definition) is 2. The molecule has 4 atom stereocenters. The van der Waals surface area contributed by atoms with E-state index in [1.165, 1.54) is 0 Å². The molecule has 0 spiro atoms. The van der Waals surface area contributed by atoms with Gasteiger partial charge < -0.3 is 15.8 Å². The number of halogens is 1. The fraction of sp³-hybridized carbons (Fsp3) is 0.481. The number of fused-ring (bicyclic) bond motifs is 1. The predicted octanol–water partition coefficient (Wildman–Crippen LogP) is 4.16. The normalized spacial score (nSPS) is 26.8. The molecule has 9 heteroatoms. The quantitative estimate of drug-likeness (QED) is 0.629. The Morgan fingerprint density at radius 1 is 1.28 bits per heavy atom. The van der Waals surface area contributed by atoms with Crippen LogP contribution in [-0.4, -0.2) is 38.8 Å². The van der Waals surface area contributed by atoms with Crippen molar-refractivity contribution >= 4 is 29.4 Å². The summed E-state index contributed by atoms with van der Waals surface area (Å²) in [6.45, 7) is 7.79. The zero-order chi connectivity index (χ0) is 25.8. The molecule has 0 bridgehead atoms. The lowest BCUT2D eigenvalue weighted by Crippen LogP contribution is -2.52. The molecule has 3 heterocycles. The van der Waals surface area contributed by atoms with Crippen molar-refractivity contribution in [2.75, 3.05) is 0 Å². The molecule has 2 aromatic rings. The van der Waals surface area contributed by atoms with Gasteiger partial charge in [-0.2, -0.15) is 0 Å². The molecule has 190 valence electrons. The average Bonchev–Trinajstić information content (AvgIpc) is 3.56. The maximum atomic E-state index is 13.5. The third-order valence-electron chi connectivity index (χ3n) is 7.15. The van der Waals surface area contributed by atoms with Gasteiger partial charge in [-0.1, -0.05) is 17.7 Å². The van der Waals surface area contributed by atoms with Gasteiger partial charge in [-0.15, -0.1) is 0 Å². The minimum absolute atomic E-state index is 0.0529. The molecular formula is C27H32ClN5O3. The third-order valence-corrected chi connectivity index (χ3v) is 7.38. The predicted molar refractivity (Wildman–Crippen MR) is 137 cm³/mol. The number of nitrogens with zero attached hydrogens (tertiary/aromatic N) is 3. The molecule has 0 unspecified atom stereocenters. The largest absolute Gasteiger partial charge is 0.487 e. The summed E-state index contributed by atoms with van der Waals surface area (Å²) in [5, 5.41) is 3.83. The number of pyridine rings is 1. The van der Waals surface area contributed by atoms with Gasteiger partial charge in [0.25, 0.3) is 0 Å². The van der Waals surface area contributed by atoms with E-state index in [-0.39, 0.29) is 42.1 Å². The minimum atomic E-state index is -0.554. The highest BCUT2D eigenvalue weighted by Crippen LogP contribution is 2.51. The molecule has 0 radical (unpaired) electrons. The van der Waals surface area contributed by atoms with E-state index in [2.05, 4.69) is 15.3 Å². The molecule has 1 aliphatic carbocycles. The van der Waals surface area contributed by atoms with Gasteiger partial charge in [0.05, 0.1) is 24.0 Å². The van der Waals surface area contributed by atoms with Gasteiger partial charge in [-0.25, -0.2) is 4.99 Å². The summed E-state index contributed by atoms with van der Waals surface area (Å²) in [7, 11) is 0. The minimum Gasteiger partial charge on any atom is -0.487 e. The maximum Gasteiger partial charge on any atom is 0.232 e. The standard InChI is InChI=1S/C27H32ClN5O3/c1-26(2)13-22(34)33(25(29)32-26)23(15-6-5-9-30-14-15)17-11-18(17)24(35)31-20-12-27(3,4)36-21-8-7-16(28)10-19(20)21/h5-10,14,17-18,20,23H,11-13H2,1-4H3,(H2,29,32)(H,31,35)/t17-,18-,20-,23+/m0/s1. The van der Waals surface area contributed by atoms with Crippen molar-refractivity contribution in [2.45, 2.75) is 70.2 Å². The molecule has 36 heavy (non-hydrogen) atoms. The fourth-order valence-corrected chi connectivity index (χ4v) is 5.70. The van der Waals surface area contributed by atoms with Crippen LogP contribution in [0.2, 0.25) is 5.02 Å². The Balaban J connectivity index is 1.40. The Morgan fingerprint density at radius 3 is 2.75 bits per heavy atom. The monoisotopic (exact) mass is 509 g/mol. The van der Waals surface area contributed by atoms with Crippen LogP contribution in [0, 0.1) is 11.8 Å². The van der Waals surface area contributed by atoms with Crippen LogP contribution in [0.4, 0.5) is 0 Å². The number of ether oxygens (including phenoxy) is 1. The molecule has 1 saturated carbocycles. The highest BCUT2D eigenvalue weighted by atomic mass is 35.5. The van der Waals surface area contributed by atoms with E-state index in [9.17, 15) is 9.59 Å². The number of carbonyl (C=O) groups excluding carboxylic acids is 2. The van der Waals surface area contributed by atoms with E-state index >= 15 is 0 Å². The van der Waals surface area contributed by atoms with Gasteiger partial charge in [0, 0.05) is 35.3 Å². The number of hydrogen-bond acceptors (Lipinski definition) is 6. The molecule has 2 amide bonds. The van der Waals surface area contributed by atoms with Crippen LogP contribution < -0.4 is 15.8 Å². The summed E-state index contributed by atoms with van der Waals surface area (Å²) in [6.07, 6.45) is 4.93. The smallest absolute Gasteiger partial charge is 0.232 e. The van der Waals surface area contributed by atoms with Crippen molar-refractivity contribution in [1.29, 1.82) is 0 Å². The van der Waals surface area contributed by atoms with E-state index in [0.29, 0.717) is 17.9 Å². The number of carbonyl (C=O) groups is 2. The van der Waals surface area contributed by atoms with Gasteiger partial charge in [0.1, 0.15) is 11.4 Å². The number of aliphatic imine (C=N–C) groups is 1. The van der Waals surface area contributed by atoms with Crippen LogP contribution >= 0.6 is 11.6 Å². The van der Waals surface area contributed by atoms with Crippen molar-refractivity contribution in [3.63, 3.8) is 0 Å². The van der Waals surface area contributed by atoms with Crippen molar-refractivity contribution in [1.82, 2.24) is 15.2 Å². The summed E-state index contributed by atoms with van der Waals surface area (Å²) in [6, 6.07) is 8.61. The summed E-state index contributed by atoms with van der Waals surface area (Å²) in [5.74, 6) is 0.405. The maximum absolute atomic E-state index is 13.5. The Hall–Kier alpha value is -3.13. The number of guanidine groups is 1. The molecule has 8 nitrogen and oxygen atoms in total. The second-order valence-corrected chi connectivity index (χ2v) is 11.7. The van der Waals surface area contributed by atoms with E-state index in [1.54, 1.807) is 23.4 Å². The molecule has 3 aliphatic rings. The molecule has 2 aliphatic heterocycles. The molecule has 5 rings (SSSR count).